The van der Waals surface area contributed by atoms with Gasteiger partial charge in [0.25, 0.3) is 0 Å². The van der Waals surface area contributed by atoms with Gasteiger partial charge in [-0.2, -0.15) is 0 Å². The molecule has 4 atom stereocenters. The highest BCUT2D eigenvalue weighted by molar-refractivity contribution is 7.09. The molecule has 5 aliphatic rings. The van der Waals surface area contributed by atoms with E-state index in [2.05, 4.69) is 20.2 Å². The van der Waals surface area contributed by atoms with Crippen molar-refractivity contribution in [1.29, 1.82) is 0 Å². The molecule has 5 aliphatic heterocycles. The zero-order chi connectivity index (χ0) is 55.9. The van der Waals surface area contributed by atoms with E-state index in [1.165, 1.54) is 0 Å². The molecule has 1 saturated heterocycles. The summed E-state index contributed by atoms with van der Waals surface area (Å²) in [5, 5.41) is 15.1. The van der Waals surface area contributed by atoms with E-state index in [0.717, 1.165) is 71.2 Å². The second kappa shape index (κ2) is 35.5. The van der Waals surface area contributed by atoms with Gasteiger partial charge in [0, 0.05) is 76.1 Å². The van der Waals surface area contributed by atoms with E-state index in [4.69, 9.17) is 80.5 Å². The zero-order valence-corrected chi connectivity index (χ0v) is 48.5. The van der Waals surface area contributed by atoms with Crippen LogP contribution in [-0.2, 0) is 55.7 Å². The molecule has 10 heterocycles. The first-order valence-corrected chi connectivity index (χ1v) is 30.5. The summed E-state index contributed by atoms with van der Waals surface area (Å²) >= 11 is 4.73. The Labute approximate surface area is 490 Å². The summed E-state index contributed by atoms with van der Waals surface area (Å²) in [6.07, 6.45) is 3.30. The lowest BCUT2D eigenvalue weighted by molar-refractivity contribution is -0.0880. The average Bonchev–Trinajstić information content (AvgIpc) is 4.39. The van der Waals surface area contributed by atoms with Crippen molar-refractivity contribution in [1.82, 2.24) is 14.9 Å². The molecule has 4 unspecified atom stereocenters. The number of ether oxygens (including phenoxy) is 17. The molecule has 446 valence electrons. The predicted molar refractivity (Wildman–Crippen MR) is 307 cm³/mol. The molecule has 5 aromatic heterocycles. The quantitative estimate of drug-likeness (QED) is 0.119. The van der Waals surface area contributed by atoms with Crippen LogP contribution in [0.15, 0.2) is 99.3 Å². The van der Waals surface area contributed by atoms with Crippen LogP contribution >= 0.6 is 34.0 Å². The van der Waals surface area contributed by atoms with Crippen LogP contribution in [0.25, 0.3) is 0 Å². The first-order valence-electron chi connectivity index (χ1n) is 27.6. The summed E-state index contributed by atoms with van der Waals surface area (Å²) in [5.74, 6) is 6.26. The molecule has 0 spiro atoms. The summed E-state index contributed by atoms with van der Waals surface area (Å²) in [6, 6.07) is 17.8. The summed E-state index contributed by atoms with van der Waals surface area (Å²) in [7, 11) is 0. The maximum Gasteiger partial charge on any atom is 0.172 e. The Morgan fingerprint density at radius 1 is 0.427 bits per heavy atom. The van der Waals surface area contributed by atoms with Gasteiger partial charge < -0.3 is 85.8 Å². The minimum atomic E-state index is -0.170. The third-order valence-electron chi connectivity index (χ3n) is 12.4. The highest BCUT2D eigenvalue weighted by Crippen LogP contribution is 2.38. The van der Waals surface area contributed by atoms with Crippen molar-refractivity contribution in [2.24, 2.45) is 0 Å². The SMILES string of the molecule is c1cc2c(cc1NCC1COc3cscc3O1)OCCOCCOCCOCCO2.c1ccc(CN(Cc2ccccn2)CC2COc3cscc3O2)nc1.c1scc2c1OCC(COCC1COCCOCCOCCOCCO1)O2. The molecular weight excluding hydrogens is 1120 g/mol. The predicted octanol–water partition coefficient (Wildman–Crippen LogP) is 7.57. The van der Waals surface area contributed by atoms with Gasteiger partial charge in [0.05, 0.1) is 130 Å². The standard InChI is InChI=1S/C21H27NO7S.C19H19N3O2S.C18H28O8S/c1-2-18-19(27-10-8-25-6-4-23-3-5-24-7-9-26-18)11-16(1)22-12-17-13-28-20-14-30-15-21(20)29-17;1-3-7-20-15(5-1)9-22(10-16-6-2-4-8-21-16)11-17-12-23-18-13-25-14-19(18)24-17;1-2-20-5-6-22-9-15(24-8-7-21-4-3-19-1)10-23-11-16-12-25-17-13-27-14-18(17)26-16/h1-2,11,14-15,17,22H,3-10,12-13H2;1-8,13-14,17H,9-12H2;13-16H,1-12H2. The van der Waals surface area contributed by atoms with Crippen molar-refractivity contribution in [3.63, 3.8) is 0 Å². The summed E-state index contributed by atoms with van der Waals surface area (Å²) in [6.45, 7) is 14.0. The lowest BCUT2D eigenvalue weighted by atomic mass is 10.2. The Kier molecular flexibility index (Phi) is 26.4. The van der Waals surface area contributed by atoms with Gasteiger partial charge in [-0.15, -0.1) is 34.0 Å². The van der Waals surface area contributed by atoms with Crippen molar-refractivity contribution >= 4 is 39.7 Å². The number of benzene rings is 1. The molecule has 0 bridgehead atoms. The Balaban J connectivity index is 0.000000149. The van der Waals surface area contributed by atoms with E-state index in [-0.39, 0.29) is 24.4 Å². The molecule has 1 fully saturated rings. The van der Waals surface area contributed by atoms with Crippen LogP contribution in [0.3, 0.4) is 0 Å². The molecule has 6 aromatic rings. The molecule has 24 heteroatoms. The van der Waals surface area contributed by atoms with Crippen molar-refractivity contribution in [2.45, 2.75) is 37.5 Å². The van der Waals surface area contributed by atoms with Gasteiger partial charge in [0.15, 0.2) is 52.1 Å². The summed E-state index contributed by atoms with van der Waals surface area (Å²) in [5.41, 5.74) is 2.98. The molecule has 0 aliphatic carbocycles. The minimum absolute atomic E-state index is 0.00507. The van der Waals surface area contributed by atoms with Gasteiger partial charge in [0.2, 0.25) is 0 Å². The fourth-order valence-electron chi connectivity index (χ4n) is 8.44. The summed E-state index contributed by atoms with van der Waals surface area (Å²) < 4.78 is 96.8. The molecule has 1 N–H and O–H groups in total. The molecule has 0 radical (unpaired) electrons. The second-order valence-corrected chi connectivity index (χ2v) is 21.0. The number of pyridine rings is 2. The lowest BCUT2D eigenvalue weighted by Gasteiger charge is -2.30. The monoisotopic (exact) mass is 1190 g/mol. The number of aromatic nitrogens is 2. The van der Waals surface area contributed by atoms with Crippen LogP contribution in [0, 0.1) is 0 Å². The maximum absolute atomic E-state index is 6.08. The van der Waals surface area contributed by atoms with Crippen LogP contribution in [0.4, 0.5) is 5.69 Å². The Morgan fingerprint density at radius 3 is 1.45 bits per heavy atom. The third-order valence-corrected chi connectivity index (χ3v) is 14.5. The van der Waals surface area contributed by atoms with Crippen LogP contribution in [0.2, 0.25) is 0 Å². The minimum Gasteiger partial charge on any atom is -0.487 e. The van der Waals surface area contributed by atoms with E-state index in [9.17, 15) is 0 Å². The topological polar surface area (TPSA) is 198 Å². The Hall–Kier alpha value is -5.58. The largest absolute Gasteiger partial charge is 0.487 e. The smallest absolute Gasteiger partial charge is 0.172 e. The molecule has 82 heavy (non-hydrogen) atoms. The molecule has 1 aromatic carbocycles. The van der Waals surface area contributed by atoms with Crippen molar-refractivity contribution in [2.75, 3.05) is 164 Å². The number of thiophene rings is 3. The zero-order valence-electron chi connectivity index (χ0n) is 46.0. The van der Waals surface area contributed by atoms with Gasteiger partial charge in [-0.3, -0.25) is 14.9 Å². The van der Waals surface area contributed by atoms with E-state index < -0.39 is 0 Å². The summed E-state index contributed by atoms with van der Waals surface area (Å²) in [4.78, 5) is 11.2. The van der Waals surface area contributed by atoms with Crippen LogP contribution in [0.5, 0.6) is 46.0 Å². The maximum atomic E-state index is 6.08. The van der Waals surface area contributed by atoms with Crippen molar-refractivity contribution in [3.8, 4) is 46.0 Å². The van der Waals surface area contributed by atoms with Crippen LogP contribution < -0.4 is 43.2 Å². The number of hydrogen-bond donors (Lipinski definition) is 1. The van der Waals surface area contributed by atoms with Gasteiger partial charge in [-0.25, -0.2) is 0 Å². The van der Waals surface area contributed by atoms with Crippen LogP contribution in [-0.4, -0.2) is 198 Å². The Bertz CT molecular complexity index is 2600. The first-order chi connectivity index (χ1) is 40.7. The fraction of sp³-hybridized carbons (Fsp3) is 0.517. The average molecular weight is 1200 g/mol. The normalized spacial score (nSPS) is 21.0. The number of fused-ring (bicyclic) bond motifs is 4. The number of hydrogen-bond acceptors (Lipinski definition) is 24. The molecule has 21 nitrogen and oxygen atoms in total. The van der Waals surface area contributed by atoms with Gasteiger partial charge in [0.1, 0.15) is 51.3 Å². The van der Waals surface area contributed by atoms with E-state index in [1.807, 2.05) is 99.3 Å². The lowest BCUT2D eigenvalue weighted by Crippen LogP contribution is -2.40. The highest BCUT2D eigenvalue weighted by atomic mass is 32.1. The number of anilines is 1. The molecule has 11 rings (SSSR count). The molecule has 0 saturated carbocycles. The first kappa shape index (κ1) is 61.0. The molecule has 0 amide bonds. The Morgan fingerprint density at radius 2 is 0.890 bits per heavy atom. The van der Waals surface area contributed by atoms with Crippen molar-refractivity contribution in [3.05, 3.63) is 111 Å². The fourth-order valence-corrected chi connectivity index (χ4v) is 10.5. The van der Waals surface area contributed by atoms with Gasteiger partial charge >= 0.3 is 0 Å². The number of nitrogens with zero attached hydrogens (tertiary/aromatic N) is 3. The number of nitrogens with one attached hydrogen (secondary N) is 1. The van der Waals surface area contributed by atoms with Gasteiger partial charge in [-0.05, 0) is 36.4 Å². The molecular formula is C58H74N4O17S3. The van der Waals surface area contributed by atoms with E-state index in [1.54, 1.807) is 34.0 Å². The second-order valence-electron chi connectivity index (χ2n) is 18.8. The third kappa shape index (κ3) is 21.6. The highest BCUT2D eigenvalue weighted by Gasteiger charge is 2.26. The van der Waals surface area contributed by atoms with Gasteiger partial charge in [-0.1, -0.05) is 12.1 Å². The van der Waals surface area contributed by atoms with E-state index >= 15 is 0 Å². The number of rotatable bonds is 13. The van der Waals surface area contributed by atoms with Crippen LogP contribution in [0.1, 0.15) is 11.4 Å². The van der Waals surface area contributed by atoms with E-state index in [0.29, 0.717) is 163 Å². The van der Waals surface area contributed by atoms with Crippen molar-refractivity contribution < 1.29 is 80.5 Å².